The van der Waals surface area contributed by atoms with E-state index in [1.807, 2.05) is 0 Å². The zero-order valence-electron chi connectivity index (χ0n) is 38.8. The summed E-state index contributed by atoms with van der Waals surface area (Å²) >= 11 is 0. The fourth-order valence-electron chi connectivity index (χ4n) is 10.6. The molecule has 0 bridgehead atoms. The first-order chi connectivity index (χ1) is 33.4. The highest BCUT2D eigenvalue weighted by molar-refractivity contribution is 6.22. The SMILES string of the molecule is CC(C)(C)c1ccc(-c2c3ccc(-n4c(-c5ccccc5)ccc4-c4ccccc4)cc3c(-c3ccc4ccccc4c3)c3ccc(-n4c(-c5ccccc5)ccc4C4C=CC=CC4)cc23)cc1. The van der Waals surface area contributed by atoms with Crippen LogP contribution in [-0.4, -0.2) is 9.13 Å². The molecule has 2 heterocycles. The Morgan fingerprint density at radius 2 is 0.882 bits per heavy atom. The lowest BCUT2D eigenvalue weighted by Crippen LogP contribution is -2.10. The minimum absolute atomic E-state index is 0.0236. The Morgan fingerprint density at radius 3 is 1.44 bits per heavy atom. The first-order valence-corrected chi connectivity index (χ1v) is 23.9. The molecule has 0 radical (unpaired) electrons. The maximum atomic E-state index is 2.51. The Balaban J connectivity index is 1.19. The number of hydrogen-bond donors (Lipinski definition) is 0. The molecule has 1 aliphatic rings. The van der Waals surface area contributed by atoms with Crippen molar-refractivity contribution >= 4 is 32.3 Å². The van der Waals surface area contributed by atoms with Crippen molar-refractivity contribution in [3.05, 3.63) is 254 Å². The van der Waals surface area contributed by atoms with Gasteiger partial charge in [0.25, 0.3) is 0 Å². The van der Waals surface area contributed by atoms with E-state index in [9.17, 15) is 0 Å². The minimum Gasteiger partial charge on any atom is -0.313 e. The first kappa shape index (κ1) is 41.2. The van der Waals surface area contributed by atoms with Crippen molar-refractivity contribution in [1.82, 2.24) is 9.13 Å². The van der Waals surface area contributed by atoms with Crippen LogP contribution in [0.15, 0.2) is 243 Å². The van der Waals surface area contributed by atoms with Gasteiger partial charge in [0.15, 0.2) is 0 Å². The molecule has 2 aromatic heterocycles. The third-order valence-electron chi connectivity index (χ3n) is 14.0. The summed E-state index contributed by atoms with van der Waals surface area (Å²) in [5.41, 5.74) is 16.8. The molecule has 2 nitrogen and oxygen atoms in total. The topological polar surface area (TPSA) is 9.86 Å². The van der Waals surface area contributed by atoms with Crippen LogP contribution in [0.3, 0.4) is 0 Å². The molecule has 0 saturated carbocycles. The summed E-state index contributed by atoms with van der Waals surface area (Å²) in [6.07, 6.45) is 9.97. The van der Waals surface area contributed by atoms with Crippen LogP contribution in [-0.2, 0) is 5.41 Å². The number of benzene rings is 9. The van der Waals surface area contributed by atoms with Gasteiger partial charge >= 0.3 is 0 Å². The molecule has 12 rings (SSSR count). The molecular formula is C66H52N2. The molecule has 0 aliphatic heterocycles. The Labute approximate surface area is 399 Å². The molecule has 1 unspecified atom stereocenters. The zero-order valence-corrected chi connectivity index (χ0v) is 38.8. The smallest absolute Gasteiger partial charge is 0.0535 e. The van der Waals surface area contributed by atoms with Crippen LogP contribution < -0.4 is 0 Å². The summed E-state index contributed by atoms with van der Waals surface area (Å²) in [6.45, 7) is 6.89. The van der Waals surface area contributed by atoms with E-state index in [0.29, 0.717) is 0 Å². The molecule has 1 aliphatic carbocycles. The molecular weight excluding hydrogens is 821 g/mol. The van der Waals surface area contributed by atoms with Gasteiger partial charge in [-0.2, -0.15) is 0 Å². The second-order valence-electron chi connectivity index (χ2n) is 19.3. The van der Waals surface area contributed by atoms with E-state index in [-0.39, 0.29) is 11.3 Å². The summed E-state index contributed by atoms with van der Waals surface area (Å²) in [5, 5.41) is 7.33. The predicted octanol–water partition coefficient (Wildman–Crippen LogP) is 18.0. The Bertz CT molecular complexity index is 3650. The van der Waals surface area contributed by atoms with Gasteiger partial charge in [0.1, 0.15) is 0 Å². The van der Waals surface area contributed by atoms with Crippen LogP contribution in [0.5, 0.6) is 0 Å². The van der Waals surface area contributed by atoms with Gasteiger partial charge in [-0.15, -0.1) is 0 Å². The highest BCUT2D eigenvalue weighted by Crippen LogP contribution is 2.47. The van der Waals surface area contributed by atoms with Gasteiger partial charge in [-0.1, -0.05) is 209 Å². The van der Waals surface area contributed by atoms with Crippen LogP contribution in [0.4, 0.5) is 0 Å². The first-order valence-electron chi connectivity index (χ1n) is 23.9. The minimum atomic E-state index is 0.0236. The van der Waals surface area contributed by atoms with Gasteiger partial charge in [-0.3, -0.25) is 0 Å². The van der Waals surface area contributed by atoms with Crippen LogP contribution >= 0.6 is 0 Å². The van der Waals surface area contributed by atoms with Crippen molar-refractivity contribution in [2.24, 2.45) is 0 Å². The summed E-state index contributed by atoms with van der Waals surface area (Å²) in [5.74, 6) is 0.260. The fraction of sp³-hybridized carbons (Fsp3) is 0.0909. The Kier molecular flexibility index (Phi) is 10.3. The normalized spacial score (nSPS) is 13.8. The average Bonchev–Trinajstić information content (AvgIpc) is 4.05. The Morgan fingerprint density at radius 1 is 0.382 bits per heavy atom. The van der Waals surface area contributed by atoms with Crippen molar-refractivity contribution < 1.29 is 0 Å². The van der Waals surface area contributed by atoms with E-state index in [1.165, 1.54) is 88.2 Å². The van der Waals surface area contributed by atoms with Crippen LogP contribution in [0.25, 0.3) is 99.7 Å². The van der Waals surface area contributed by atoms with Crippen molar-refractivity contribution in [2.45, 2.75) is 38.5 Å². The van der Waals surface area contributed by atoms with Gasteiger partial charge in [0, 0.05) is 23.0 Å². The highest BCUT2D eigenvalue weighted by Gasteiger charge is 2.24. The van der Waals surface area contributed by atoms with Crippen LogP contribution in [0, 0.1) is 0 Å². The average molecular weight is 873 g/mol. The van der Waals surface area contributed by atoms with Crippen molar-refractivity contribution in [2.75, 3.05) is 0 Å². The van der Waals surface area contributed by atoms with Gasteiger partial charge in [-0.25, -0.2) is 0 Å². The molecule has 0 N–H and O–H groups in total. The third kappa shape index (κ3) is 7.30. The van der Waals surface area contributed by atoms with Crippen LogP contribution in [0.1, 0.15) is 44.4 Å². The van der Waals surface area contributed by atoms with E-state index in [1.54, 1.807) is 0 Å². The van der Waals surface area contributed by atoms with Crippen molar-refractivity contribution in [1.29, 1.82) is 0 Å². The van der Waals surface area contributed by atoms with Gasteiger partial charge in [0.05, 0.1) is 17.1 Å². The number of allylic oxidation sites excluding steroid dienone is 4. The largest absolute Gasteiger partial charge is 0.313 e. The van der Waals surface area contributed by atoms with E-state index < -0.39 is 0 Å². The molecule has 0 amide bonds. The molecule has 9 aromatic carbocycles. The molecule has 2 heteroatoms. The molecule has 0 saturated heterocycles. The lowest BCUT2D eigenvalue weighted by Gasteiger charge is -2.23. The van der Waals surface area contributed by atoms with E-state index >= 15 is 0 Å². The quantitative estimate of drug-likeness (QED) is 0.135. The van der Waals surface area contributed by atoms with Crippen molar-refractivity contribution in [3.8, 4) is 67.4 Å². The monoisotopic (exact) mass is 872 g/mol. The number of nitrogens with zero attached hydrogens (tertiary/aromatic N) is 2. The molecule has 326 valence electrons. The fourth-order valence-corrected chi connectivity index (χ4v) is 10.6. The maximum Gasteiger partial charge on any atom is 0.0535 e. The lowest BCUT2D eigenvalue weighted by molar-refractivity contribution is 0.590. The Hall–Kier alpha value is -8.20. The molecule has 0 fully saturated rings. The summed E-state index contributed by atoms with van der Waals surface area (Å²) < 4.78 is 4.97. The van der Waals surface area contributed by atoms with Gasteiger partial charge < -0.3 is 9.13 Å². The molecule has 0 spiro atoms. The van der Waals surface area contributed by atoms with Gasteiger partial charge in [0.2, 0.25) is 0 Å². The number of hydrogen-bond acceptors (Lipinski definition) is 0. The van der Waals surface area contributed by atoms with E-state index in [0.717, 1.165) is 29.2 Å². The van der Waals surface area contributed by atoms with Gasteiger partial charge in [-0.05, 0) is 143 Å². The lowest BCUT2D eigenvalue weighted by atomic mass is 9.83. The second kappa shape index (κ2) is 16.9. The number of aromatic nitrogens is 2. The maximum absolute atomic E-state index is 2.51. The second-order valence-corrected chi connectivity index (χ2v) is 19.3. The van der Waals surface area contributed by atoms with E-state index in [4.69, 9.17) is 0 Å². The zero-order chi connectivity index (χ0) is 45.8. The summed E-state index contributed by atoms with van der Waals surface area (Å²) in [4.78, 5) is 0. The molecule has 68 heavy (non-hydrogen) atoms. The molecule has 11 aromatic rings. The highest BCUT2D eigenvalue weighted by atomic mass is 15.0. The summed E-state index contributed by atoms with van der Waals surface area (Å²) in [7, 11) is 0. The summed E-state index contributed by atoms with van der Waals surface area (Å²) in [6, 6.07) is 81.2. The van der Waals surface area contributed by atoms with Crippen LogP contribution in [0.2, 0.25) is 0 Å². The van der Waals surface area contributed by atoms with Crippen molar-refractivity contribution in [3.63, 3.8) is 0 Å². The standard InChI is InChI=1S/C66H52N2/c1-66(2,3)53-32-30-50(31-33-53)64-56-36-34-55(68-62(48-23-12-6-13-24-48)40-41-63(68)49-25-14-7-15-26-49)44-59(56)65(52-29-28-45-18-16-17-27-51(45)42-52)57-37-35-54(43-58(57)64)67-60(46-19-8-4-9-20-46)38-39-61(67)47-21-10-5-11-22-47/h4-21,23-44,47H,22H2,1-3H3. The van der Waals surface area contributed by atoms with E-state index in [2.05, 4.69) is 273 Å². The number of fused-ring (bicyclic) bond motifs is 3. The third-order valence-corrected chi connectivity index (χ3v) is 14.0. The predicted molar refractivity (Wildman–Crippen MR) is 289 cm³/mol. The molecule has 1 atom stereocenters. The number of rotatable bonds is 8.